The Bertz CT molecular complexity index is 767. The van der Waals surface area contributed by atoms with Crippen LogP contribution in [-0.4, -0.2) is 11.6 Å². The van der Waals surface area contributed by atoms with Gasteiger partial charge >= 0.3 is 12.5 Å². The van der Waals surface area contributed by atoms with Crippen molar-refractivity contribution in [3.05, 3.63) is 53.6 Å². The molecule has 0 amide bonds. The normalized spacial score (nSPS) is 12.1. The fourth-order valence-electron chi connectivity index (χ4n) is 2.04. The van der Waals surface area contributed by atoms with Gasteiger partial charge < -0.3 is 4.74 Å². The molecule has 24 heavy (non-hydrogen) atoms. The van der Waals surface area contributed by atoms with E-state index in [1.54, 1.807) is 0 Å². The summed E-state index contributed by atoms with van der Waals surface area (Å²) in [5.41, 5.74) is -2.35. The van der Waals surface area contributed by atoms with Crippen LogP contribution in [-0.2, 0) is 6.18 Å². The quantitative estimate of drug-likeness (QED) is 0.517. The summed E-state index contributed by atoms with van der Waals surface area (Å²) >= 11 is 5.17. The molecule has 2 aromatic carbocycles. The van der Waals surface area contributed by atoms with E-state index in [2.05, 4.69) is 4.74 Å². The molecule has 2 nitrogen and oxygen atoms in total. The Balaban J connectivity index is 2.59. The lowest BCUT2D eigenvalue weighted by molar-refractivity contribution is -0.274. The van der Waals surface area contributed by atoms with E-state index < -0.39 is 34.7 Å². The molecule has 128 valence electrons. The van der Waals surface area contributed by atoms with Gasteiger partial charge in [-0.1, -0.05) is 24.3 Å². The van der Waals surface area contributed by atoms with E-state index in [1.165, 1.54) is 18.2 Å². The molecule has 2 aromatic rings. The lowest BCUT2D eigenvalue weighted by atomic mass is 9.98. The van der Waals surface area contributed by atoms with Gasteiger partial charge in [0.2, 0.25) is 0 Å². The first-order valence-electron chi connectivity index (χ1n) is 6.25. The lowest BCUT2D eigenvalue weighted by Gasteiger charge is -2.15. The van der Waals surface area contributed by atoms with Crippen molar-refractivity contribution in [2.24, 2.45) is 0 Å². The van der Waals surface area contributed by atoms with Crippen LogP contribution in [0, 0.1) is 0 Å². The number of alkyl halides is 6. The smallest absolute Gasteiger partial charge is 0.405 e. The van der Waals surface area contributed by atoms with Gasteiger partial charge in [-0.25, -0.2) is 0 Å². The molecule has 0 atom stereocenters. The molecule has 2 rings (SSSR count). The van der Waals surface area contributed by atoms with Gasteiger partial charge in [0.05, 0.1) is 5.56 Å². The van der Waals surface area contributed by atoms with Crippen molar-refractivity contribution >= 4 is 16.8 Å². The highest BCUT2D eigenvalue weighted by Gasteiger charge is 2.35. The van der Waals surface area contributed by atoms with Crippen LogP contribution in [0.25, 0.3) is 11.1 Å². The Kier molecular flexibility index (Phi) is 4.80. The van der Waals surface area contributed by atoms with E-state index in [4.69, 9.17) is 11.6 Å². The summed E-state index contributed by atoms with van der Waals surface area (Å²) in [6.45, 7) is 0. The number of carbonyl (C=O) groups excluding carboxylic acids is 1. The molecule has 0 aliphatic carbocycles. The number of para-hydroxylation sites is 1. The zero-order valence-corrected chi connectivity index (χ0v) is 12.3. The first-order chi connectivity index (χ1) is 11.0. The fourth-order valence-corrected chi connectivity index (χ4v) is 2.20. The second kappa shape index (κ2) is 6.35. The van der Waals surface area contributed by atoms with Gasteiger partial charge in [-0.2, -0.15) is 13.2 Å². The maximum atomic E-state index is 12.9. The van der Waals surface area contributed by atoms with Gasteiger partial charge in [0, 0.05) is 11.1 Å². The van der Waals surface area contributed by atoms with Gasteiger partial charge in [0.1, 0.15) is 5.75 Å². The molecular formula is C15H7ClF6O2. The minimum Gasteiger partial charge on any atom is -0.405 e. The molecule has 0 aliphatic heterocycles. The van der Waals surface area contributed by atoms with Crippen LogP contribution in [0.5, 0.6) is 5.75 Å². The summed E-state index contributed by atoms with van der Waals surface area (Å²) in [5, 5.41) is -1.38. The molecule has 0 N–H and O–H groups in total. The second-order valence-electron chi connectivity index (χ2n) is 4.58. The molecule has 0 fully saturated rings. The molecule has 0 unspecified atom stereocenters. The Morgan fingerprint density at radius 2 is 1.58 bits per heavy atom. The summed E-state index contributed by atoms with van der Waals surface area (Å²) in [7, 11) is 0. The van der Waals surface area contributed by atoms with Crippen LogP contribution in [0.15, 0.2) is 42.5 Å². The zero-order valence-electron chi connectivity index (χ0n) is 11.5. The van der Waals surface area contributed by atoms with Crippen molar-refractivity contribution in [1.29, 1.82) is 0 Å². The van der Waals surface area contributed by atoms with Crippen LogP contribution < -0.4 is 4.74 Å². The molecule has 9 heteroatoms. The predicted octanol–water partition coefficient (Wildman–Crippen LogP) is 5.65. The van der Waals surface area contributed by atoms with E-state index in [9.17, 15) is 31.1 Å². The van der Waals surface area contributed by atoms with Gasteiger partial charge in [0.25, 0.3) is 5.24 Å². The first kappa shape index (κ1) is 18.1. The van der Waals surface area contributed by atoms with Crippen molar-refractivity contribution < 1.29 is 35.9 Å². The number of hydrogen-bond donors (Lipinski definition) is 0. The summed E-state index contributed by atoms with van der Waals surface area (Å²) in [5.74, 6) is -0.613. The third-order valence-corrected chi connectivity index (χ3v) is 3.16. The average molecular weight is 369 g/mol. The Hall–Kier alpha value is -2.22. The summed E-state index contributed by atoms with van der Waals surface area (Å²) in [6.07, 6.45) is -9.81. The topological polar surface area (TPSA) is 26.3 Å². The van der Waals surface area contributed by atoms with E-state index in [-0.39, 0.29) is 11.1 Å². The van der Waals surface area contributed by atoms with Crippen LogP contribution in [0.1, 0.15) is 15.9 Å². The Morgan fingerprint density at radius 3 is 2.12 bits per heavy atom. The minimum atomic E-state index is -4.98. The molecular weight excluding hydrogens is 362 g/mol. The molecule has 0 saturated heterocycles. The monoisotopic (exact) mass is 368 g/mol. The zero-order chi connectivity index (χ0) is 18.1. The highest BCUT2D eigenvalue weighted by atomic mass is 35.5. The number of hydrogen-bond acceptors (Lipinski definition) is 2. The number of carbonyl (C=O) groups is 1. The van der Waals surface area contributed by atoms with E-state index in [0.717, 1.165) is 18.2 Å². The third-order valence-electron chi connectivity index (χ3n) is 2.96. The Labute approximate surface area is 136 Å². The van der Waals surface area contributed by atoms with Crippen molar-refractivity contribution in [3.63, 3.8) is 0 Å². The van der Waals surface area contributed by atoms with E-state index in [0.29, 0.717) is 6.07 Å². The molecule has 0 aliphatic rings. The van der Waals surface area contributed by atoms with Crippen LogP contribution >= 0.6 is 11.6 Å². The lowest BCUT2D eigenvalue weighted by Crippen LogP contribution is -2.17. The van der Waals surface area contributed by atoms with Crippen molar-refractivity contribution in [2.75, 3.05) is 0 Å². The number of benzene rings is 2. The summed E-state index contributed by atoms with van der Waals surface area (Å²) in [6, 6.07) is 7.15. The molecule has 0 bridgehead atoms. The SMILES string of the molecule is O=C(Cl)c1cc(-c2ccccc2OC(F)(F)F)ccc1C(F)(F)F. The van der Waals surface area contributed by atoms with Crippen LogP contribution in [0.2, 0.25) is 0 Å². The molecule has 0 heterocycles. The average Bonchev–Trinajstić information content (AvgIpc) is 2.44. The van der Waals surface area contributed by atoms with E-state index >= 15 is 0 Å². The first-order valence-corrected chi connectivity index (χ1v) is 6.63. The van der Waals surface area contributed by atoms with Crippen molar-refractivity contribution in [2.45, 2.75) is 12.5 Å². The Morgan fingerprint density at radius 1 is 0.958 bits per heavy atom. The van der Waals surface area contributed by atoms with Gasteiger partial charge in [-0.3, -0.25) is 4.79 Å². The minimum absolute atomic E-state index is 0.0770. The van der Waals surface area contributed by atoms with Crippen LogP contribution in [0.3, 0.4) is 0 Å². The summed E-state index contributed by atoms with van der Waals surface area (Å²) in [4.78, 5) is 11.3. The highest BCUT2D eigenvalue weighted by molar-refractivity contribution is 6.68. The largest absolute Gasteiger partial charge is 0.573 e. The molecule has 0 saturated carbocycles. The van der Waals surface area contributed by atoms with Gasteiger partial charge in [-0.15, -0.1) is 13.2 Å². The van der Waals surface area contributed by atoms with Gasteiger partial charge in [0.15, 0.2) is 0 Å². The van der Waals surface area contributed by atoms with Crippen LogP contribution in [0.4, 0.5) is 26.3 Å². The standard InChI is InChI=1S/C15H7ClF6O2/c16-13(23)10-7-8(5-6-11(10)14(17,18)19)9-3-1-2-4-12(9)24-15(20,21)22/h1-7H. The van der Waals surface area contributed by atoms with Crippen molar-refractivity contribution in [1.82, 2.24) is 0 Å². The maximum absolute atomic E-state index is 12.9. The van der Waals surface area contributed by atoms with Crippen molar-refractivity contribution in [3.8, 4) is 16.9 Å². The van der Waals surface area contributed by atoms with E-state index in [1.807, 2.05) is 0 Å². The number of halogens is 7. The number of rotatable bonds is 3. The maximum Gasteiger partial charge on any atom is 0.573 e. The fraction of sp³-hybridized carbons (Fsp3) is 0.133. The summed E-state index contributed by atoms with van der Waals surface area (Å²) < 4.78 is 79.7. The number of ether oxygens (including phenoxy) is 1. The highest BCUT2D eigenvalue weighted by Crippen LogP contribution is 2.38. The van der Waals surface area contributed by atoms with Gasteiger partial charge in [-0.05, 0) is 35.4 Å². The molecule has 0 radical (unpaired) electrons. The third kappa shape index (κ3) is 4.19. The predicted molar refractivity (Wildman–Crippen MR) is 73.7 cm³/mol. The second-order valence-corrected chi connectivity index (χ2v) is 4.92. The molecule has 0 aromatic heterocycles. The molecule has 0 spiro atoms.